The molecule has 1 heterocycles. The fraction of sp³-hybridized carbons (Fsp3) is 0.500. The monoisotopic (exact) mass is 481 g/mol. The fourth-order valence-corrected chi connectivity index (χ4v) is 3.26. The number of para-hydroxylation sites is 1. The number of hydrogen-bond donors (Lipinski definition) is 0. The largest absolute Gasteiger partial charge is 0.463 e. The van der Waals surface area contributed by atoms with Gasteiger partial charge in [0.15, 0.2) is 18.3 Å². The summed E-state index contributed by atoms with van der Waals surface area (Å²) in [5.74, 6) is -3.51. The van der Waals surface area contributed by atoms with Crippen LogP contribution < -0.4 is 5.06 Å². The maximum Gasteiger partial charge on any atom is 0.303 e. The molecule has 0 aromatic heterocycles. The molecule has 12 heteroatoms. The minimum atomic E-state index is -1.52. The van der Waals surface area contributed by atoms with Gasteiger partial charge in [0.1, 0.15) is 12.7 Å². The van der Waals surface area contributed by atoms with Crippen LogP contribution in [-0.4, -0.2) is 67.1 Å². The second kappa shape index (κ2) is 12.1. The molecule has 1 fully saturated rings. The number of hydrogen-bond acceptors (Lipinski definition) is 11. The third-order valence-electron chi connectivity index (χ3n) is 4.43. The minimum absolute atomic E-state index is 0.336. The summed E-state index contributed by atoms with van der Waals surface area (Å²) in [7, 11) is 0. The first kappa shape index (κ1) is 26.7. The van der Waals surface area contributed by atoms with Crippen LogP contribution in [0, 0.1) is 0 Å². The third-order valence-corrected chi connectivity index (χ3v) is 4.43. The van der Waals surface area contributed by atoms with Crippen molar-refractivity contribution in [3.63, 3.8) is 0 Å². The lowest BCUT2D eigenvalue weighted by atomic mass is 9.98. The molecule has 1 aromatic carbocycles. The summed E-state index contributed by atoms with van der Waals surface area (Å²) < 4.78 is 26.8. The van der Waals surface area contributed by atoms with Gasteiger partial charge in [0.05, 0.1) is 5.69 Å². The topological polar surface area (TPSA) is 144 Å². The van der Waals surface area contributed by atoms with Gasteiger partial charge in [-0.05, 0) is 12.1 Å². The van der Waals surface area contributed by atoms with Crippen molar-refractivity contribution in [2.75, 3.05) is 11.7 Å². The predicted molar refractivity (Wildman–Crippen MR) is 113 cm³/mol. The van der Waals surface area contributed by atoms with Crippen LogP contribution in [0.4, 0.5) is 5.69 Å². The summed E-state index contributed by atoms with van der Waals surface area (Å²) in [5.41, 5.74) is 0.336. The van der Waals surface area contributed by atoms with Gasteiger partial charge in [-0.2, -0.15) is 5.06 Å². The maximum atomic E-state index is 12.3. The molecule has 1 aliphatic heterocycles. The normalized spacial score (nSPS) is 23.9. The lowest BCUT2D eigenvalue weighted by Crippen LogP contribution is -2.64. The molecule has 186 valence electrons. The third kappa shape index (κ3) is 7.52. The first-order valence-electron chi connectivity index (χ1n) is 10.3. The minimum Gasteiger partial charge on any atom is -0.463 e. The number of nitrogens with zero attached hydrogens (tertiary/aromatic N) is 1. The van der Waals surface area contributed by atoms with Gasteiger partial charge in [-0.25, -0.2) is 4.84 Å². The van der Waals surface area contributed by atoms with E-state index in [1.54, 1.807) is 30.3 Å². The van der Waals surface area contributed by atoms with Crippen molar-refractivity contribution in [2.45, 2.75) is 65.3 Å². The molecule has 0 N–H and O–H groups in total. The Kier molecular flexibility index (Phi) is 9.51. The van der Waals surface area contributed by atoms with E-state index in [1.165, 1.54) is 6.92 Å². The fourth-order valence-electron chi connectivity index (χ4n) is 3.26. The molecule has 0 aliphatic carbocycles. The molecule has 1 saturated heterocycles. The van der Waals surface area contributed by atoms with Gasteiger partial charge in [-0.1, -0.05) is 18.2 Å². The summed E-state index contributed by atoms with van der Waals surface area (Å²) in [6, 6.07) is 8.25. The summed E-state index contributed by atoms with van der Waals surface area (Å²) >= 11 is 0. The van der Waals surface area contributed by atoms with Gasteiger partial charge < -0.3 is 23.7 Å². The second-order valence-corrected chi connectivity index (χ2v) is 7.32. The zero-order chi connectivity index (χ0) is 25.4. The van der Waals surface area contributed by atoms with Crippen LogP contribution in [0.15, 0.2) is 30.3 Å². The van der Waals surface area contributed by atoms with E-state index in [0.717, 1.165) is 32.8 Å². The summed E-state index contributed by atoms with van der Waals surface area (Å²) in [6.45, 7) is 5.31. The number of esters is 4. The van der Waals surface area contributed by atoms with E-state index in [-0.39, 0.29) is 0 Å². The number of benzene rings is 1. The van der Waals surface area contributed by atoms with E-state index in [4.69, 9.17) is 28.5 Å². The van der Waals surface area contributed by atoms with Crippen molar-refractivity contribution in [1.29, 1.82) is 0 Å². The number of amides is 1. The van der Waals surface area contributed by atoms with Gasteiger partial charge in [0.25, 0.3) is 0 Å². The van der Waals surface area contributed by atoms with Crippen LogP contribution in [-0.2, 0) is 52.5 Å². The first-order chi connectivity index (χ1) is 16.0. The van der Waals surface area contributed by atoms with E-state index in [0.29, 0.717) is 5.69 Å². The molecule has 0 unspecified atom stereocenters. The molecule has 5 atom stereocenters. The van der Waals surface area contributed by atoms with E-state index in [9.17, 15) is 24.0 Å². The van der Waals surface area contributed by atoms with Crippen molar-refractivity contribution in [2.24, 2.45) is 0 Å². The molecule has 1 aliphatic rings. The quantitative estimate of drug-likeness (QED) is 0.298. The van der Waals surface area contributed by atoms with E-state index < -0.39 is 67.1 Å². The molecule has 0 bridgehead atoms. The van der Waals surface area contributed by atoms with Crippen molar-refractivity contribution >= 4 is 35.5 Å². The van der Waals surface area contributed by atoms with Crippen molar-refractivity contribution < 1.29 is 52.5 Å². The van der Waals surface area contributed by atoms with Crippen LogP contribution in [0.1, 0.15) is 34.6 Å². The van der Waals surface area contributed by atoms with Crippen LogP contribution in [0.2, 0.25) is 0 Å². The zero-order valence-corrected chi connectivity index (χ0v) is 19.4. The Labute approximate surface area is 195 Å². The van der Waals surface area contributed by atoms with Gasteiger partial charge >= 0.3 is 23.9 Å². The van der Waals surface area contributed by atoms with Crippen LogP contribution >= 0.6 is 0 Å². The lowest BCUT2D eigenvalue weighted by Gasteiger charge is -2.44. The number of hydroxylamine groups is 1. The number of carbonyl (C=O) groups excluding carboxylic acids is 5. The maximum absolute atomic E-state index is 12.3. The van der Waals surface area contributed by atoms with Gasteiger partial charge in [0.2, 0.25) is 12.2 Å². The van der Waals surface area contributed by atoms with Crippen molar-refractivity contribution in [3.05, 3.63) is 30.3 Å². The molecule has 0 radical (unpaired) electrons. The van der Waals surface area contributed by atoms with Crippen molar-refractivity contribution in [1.82, 2.24) is 0 Å². The molecule has 1 amide bonds. The average Bonchev–Trinajstić information content (AvgIpc) is 2.73. The van der Waals surface area contributed by atoms with E-state index in [1.807, 2.05) is 0 Å². The number of ether oxygens (including phenoxy) is 5. The van der Waals surface area contributed by atoms with Crippen LogP contribution in [0.5, 0.6) is 0 Å². The Morgan fingerprint density at radius 2 is 1.29 bits per heavy atom. The Bertz CT molecular complexity index is 903. The highest BCUT2D eigenvalue weighted by Crippen LogP contribution is 2.31. The Morgan fingerprint density at radius 3 is 1.79 bits per heavy atom. The summed E-state index contributed by atoms with van der Waals surface area (Å²) in [6.07, 6.45) is -6.91. The van der Waals surface area contributed by atoms with Crippen LogP contribution in [0.25, 0.3) is 0 Å². The van der Waals surface area contributed by atoms with Gasteiger partial charge in [0, 0.05) is 34.6 Å². The molecule has 0 saturated carbocycles. The molecule has 2 rings (SSSR count). The summed E-state index contributed by atoms with van der Waals surface area (Å²) in [5, 5.41) is 0.904. The Hall–Kier alpha value is -3.51. The second-order valence-electron chi connectivity index (χ2n) is 7.32. The zero-order valence-electron chi connectivity index (χ0n) is 19.4. The number of carbonyl (C=O) groups is 5. The highest BCUT2D eigenvalue weighted by atomic mass is 16.8. The molecule has 1 aromatic rings. The molecule has 34 heavy (non-hydrogen) atoms. The summed E-state index contributed by atoms with van der Waals surface area (Å²) in [4.78, 5) is 65.0. The molecule has 12 nitrogen and oxygen atoms in total. The lowest BCUT2D eigenvalue weighted by molar-refractivity contribution is -0.309. The van der Waals surface area contributed by atoms with Crippen LogP contribution in [0.3, 0.4) is 0 Å². The predicted octanol–water partition coefficient (Wildman–Crippen LogP) is 1.05. The highest BCUT2D eigenvalue weighted by molar-refractivity contribution is 5.89. The Balaban J connectivity index is 2.50. The Morgan fingerprint density at radius 1 is 0.765 bits per heavy atom. The first-order valence-corrected chi connectivity index (χ1v) is 10.3. The molecular weight excluding hydrogens is 454 g/mol. The molecule has 0 spiro atoms. The number of anilines is 1. The molecular formula is C22H27NO11. The highest BCUT2D eigenvalue weighted by Gasteiger charge is 2.53. The number of rotatable bonds is 8. The average molecular weight is 481 g/mol. The van der Waals surface area contributed by atoms with Crippen molar-refractivity contribution in [3.8, 4) is 0 Å². The standard InChI is InChI=1S/C22H27NO11/c1-12(24)23(17-9-7-6-8-10-17)34-22-21(32-16(5)28)20(31-15(4)27)19(30-14(3)26)18(33-22)11-29-13(2)25/h6-10,18-22H,11H2,1-5H3/t18-,19-,20+,21-,22+/m1/s1. The van der Waals surface area contributed by atoms with E-state index >= 15 is 0 Å². The smallest absolute Gasteiger partial charge is 0.303 e. The van der Waals surface area contributed by atoms with Gasteiger partial charge in [-0.15, -0.1) is 0 Å². The van der Waals surface area contributed by atoms with Gasteiger partial charge in [-0.3, -0.25) is 24.0 Å². The SMILES string of the molecule is CC(=O)OC[C@H]1O[C@@H](ON(C(C)=O)c2ccccc2)[C@H](OC(C)=O)[C@@H](OC(C)=O)[C@@H]1OC(C)=O. The van der Waals surface area contributed by atoms with E-state index in [2.05, 4.69) is 0 Å².